The number of hydrogen-bond donors (Lipinski definition) is 2. The van der Waals surface area contributed by atoms with Crippen LogP contribution in [0.2, 0.25) is 0 Å². The first-order valence-electron chi connectivity index (χ1n) is 6.76. The highest BCUT2D eigenvalue weighted by Gasteiger charge is 2.33. The van der Waals surface area contributed by atoms with Crippen molar-refractivity contribution in [3.63, 3.8) is 0 Å². The maximum atomic E-state index is 12.1. The molecule has 0 amide bonds. The molecule has 0 saturated heterocycles. The van der Waals surface area contributed by atoms with Crippen LogP contribution in [0.1, 0.15) is 33.1 Å². The van der Waals surface area contributed by atoms with Crippen LogP contribution in [0.3, 0.4) is 0 Å². The standard InChI is InChI=1S/C12H27N3O2S/c1-10-6-7-12(11(10)2)14-18(16,17)15(4)9-5-8-13-3/h10-14H,5-9H2,1-4H3. The van der Waals surface area contributed by atoms with Crippen molar-refractivity contribution in [2.24, 2.45) is 11.8 Å². The molecule has 0 aromatic heterocycles. The Labute approximate surface area is 112 Å². The lowest BCUT2D eigenvalue weighted by molar-refractivity contribution is 0.385. The molecule has 0 spiro atoms. The summed E-state index contributed by atoms with van der Waals surface area (Å²) in [5, 5.41) is 3.02. The Bertz CT molecular complexity index is 345. The van der Waals surface area contributed by atoms with Gasteiger partial charge >= 0.3 is 0 Å². The Morgan fingerprint density at radius 1 is 1.28 bits per heavy atom. The van der Waals surface area contributed by atoms with E-state index >= 15 is 0 Å². The van der Waals surface area contributed by atoms with Crippen LogP contribution in [0.4, 0.5) is 0 Å². The minimum absolute atomic E-state index is 0.0942. The summed E-state index contributed by atoms with van der Waals surface area (Å²) in [6.45, 7) is 5.70. The first-order valence-corrected chi connectivity index (χ1v) is 8.20. The SMILES string of the molecule is CNCCCN(C)S(=O)(=O)NC1CCC(C)C1C. The molecule has 0 aliphatic heterocycles. The fraction of sp³-hybridized carbons (Fsp3) is 1.00. The topological polar surface area (TPSA) is 61.4 Å². The minimum atomic E-state index is -3.32. The molecular weight excluding hydrogens is 250 g/mol. The lowest BCUT2D eigenvalue weighted by Gasteiger charge is -2.24. The molecule has 0 aromatic rings. The van der Waals surface area contributed by atoms with Crippen LogP contribution >= 0.6 is 0 Å². The van der Waals surface area contributed by atoms with Crippen molar-refractivity contribution in [1.29, 1.82) is 0 Å². The van der Waals surface area contributed by atoms with Crippen molar-refractivity contribution >= 4 is 10.2 Å². The summed E-state index contributed by atoms with van der Waals surface area (Å²) in [5.74, 6) is 1.03. The van der Waals surface area contributed by atoms with Gasteiger partial charge in [-0.25, -0.2) is 0 Å². The third-order valence-electron chi connectivity index (χ3n) is 4.08. The minimum Gasteiger partial charge on any atom is -0.320 e. The molecule has 1 aliphatic carbocycles. The van der Waals surface area contributed by atoms with Crippen molar-refractivity contribution in [2.75, 3.05) is 27.2 Å². The average Bonchev–Trinajstić information content (AvgIpc) is 2.61. The second-order valence-electron chi connectivity index (χ2n) is 5.42. The molecule has 1 rings (SSSR count). The largest absolute Gasteiger partial charge is 0.320 e. The maximum Gasteiger partial charge on any atom is 0.279 e. The third kappa shape index (κ3) is 4.19. The van der Waals surface area contributed by atoms with E-state index in [0.717, 1.165) is 25.8 Å². The average molecular weight is 277 g/mol. The van der Waals surface area contributed by atoms with E-state index in [1.807, 2.05) is 7.05 Å². The van der Waals surface area contributed by atoms with Crippen LogP contribution in [0.5, 0.6) is 0 Å². The summed E-state index contributed by atoms with van der Waals surface area (Å²) in [5.41, 5.74) is 0. The number of nitrogens with one attached hydrogen (secondary N) is 2. The monoisotopic (exact) mass is 277 g/mol. The Kier molecular flexibility index (Phi) is 6.04. The Hall–Kier alpha value is -0.170. The van der Waals surface area contributed by atoms with E-state index < -0.39 is 10.2 Å². The first kappa shape index (κ1) is 15.9. The van der Waals surface area contributed by atoms with Crippen LogP contribution in [-0.2, 0) is 10.2 Å². The van der Waals surface area contributed by atoms with Gasteiger partial charge < -0.3 is 5.32 Å². The normalized spacial score (nSPS) is 29.1. The molecule has 3 unspecified atom stereocenters. The highest BCUT2D eigenvalue weighted by molar-refractivity contribution is 7.87. The van der Waals surface area contributed by atoms with Crippen LogP contribution in [0.25, 0.3) is 0 Å². The predicted octanol–water partition coefficient (Wildman–Crippen LogP) is 0.797. The summed E-state index contributed by atoms with van der Waals surface area (Å²) >= 11 is 0. The number of rotatable bonds is 7. The molecular formula is C12H27N3O2S. The van der Waals surface area contributed by atoms with E-state index in [2.05, 4.69) is 23.9 Å². The van der Waals surface area contributed by atoms with Crippen molar-refractivity contribution < 1.29 is 8.42 Å². The zero-order chi connectivity index (χ0) is 13.8. The molecule has 0 bridgehead atoms. The zero-order valence-electron chi connectivity index (χ0n) is 11.9. The lowest BCUT2D eigenvalue weighted by Crippen LogP contribution is -2.45. The number of nitrogens with zero attached hydrogens (tertiary/aromatic N) is 1. The first-order chi connectivity index (χ1) is 8.38. The molecule has 0 aromatic carbocycles. The summed E-state index contributed by atoms with van der Waals surface area (Å²) in [6.07, 6.45) is 2.88. The molecule has 2 N–H and O–H groups in total. The van der Waals surface area contributed by atoms with Gasteiger partial charge in [-0.15, -0.1) is 0 Å². The van der Waals surface area contributed by atoms with Gasteiger partial charge in [0.15, 0.2) is 0 Å². The second kappa shape index (κ2) is 6.84. The molecule has 0 radical (unpaired) electrons. The Morgan fingerprint density at radius 3 is 2.44 bits per heavy atom. The molecule has 5 nitrogen and oxygen atoms in total. The second-order valence-corrected chi connectivity index (χ2v) is 7.23. The molecule has 1 saturated carbocycles. The van der Waals surface area contributed by atoms with Crippen LogP contribution in [-0.4, -0.2) is 45.9 Å². The van der Waals surface area contributed by atoms with E-state index in [1.165, 1.54) is 4.31 Å². The third-order valence-corrected chi connectivity index (χ3v) is 5.68. The van der Waals surface area contributed by atoms with Gasteiger partial charge in [-0.2, -0.15) is 17.4 Å². The summed E-state index contributed by atoms with van der Waals surface area (Å²) < 4.78 is 28.5. The van der Waals surface area contributed by atoms with Gasteiger partial charge in [0.1, 0.15) is 0 Å². The van der Waals surface area contributed by atoms with Crippen molar-refractivity contribution in [3.05, 3.63) is 0 Å². The summed E-state index contributed by atoms with van der Waals surface area (Å²) in [6, 6.07) is 0.0942. The Morgan fingerprint density at radius 2 is 1.94 bits per heavy atom. The van der Waals surface area contributed by atoms with Gasteiger partial charge in [0.05, 0.1) is 0 Å². The molecule has 6 heteroatoms. The highest BCUT2D eigenvalue weighted by Crippen LogP contribution is 2.31. The van der Waals surface area contributed by atoms with Crippen LogP contribution < -0.4 is 10.0 Å². The van der Waals surface area contributed by atoms with E-state index in [-0.39, 0.29) is 6.04 Å². The summed E-state index contributed by atoms with van der Waals surface area (Å²) in [4.78, 5) is 0. The molecule has 3 atom stereocenters. The lowest BCUT2D eigenvalue weighted by atomic mass is 9.98. The van der Waals surface area contributed by atoms with Gasteiger partial charge in [-0.1, -0.05) is 13.8 Å². The van der Waals surface area contributed by atoms with Gasteiger partial charge in [0.25, 0.3) is 10.2 Å². The highest BCUT2D eigenvalue weighted by atomic mass is 32.2. The van der Waals surface area contributed by atoms with E-state index in [9.17, 15) is 8.42 Å². The zero-order valence-corrected chi connectivity index (χ0v) is 12.8. The molecule has 1 aliphatic rings. The van der Waals surface area contributed by atoms with Crippen LogP contribution in [0, 0.1) is 11.8 Å². The number of hydrogen-bond acceptors (Lipinski definition) is 3. The van der Waals surface area contributed by atoms with Crippen LogP contribution in [0.15, 0.2) is 0 Å². The quantitative estimate of drug-likeness (QED) is 0.677. The smallest absolute Gasteiger partial charge is 0.279 e. The molecule has 108 valence electrons. The fourth-order valence-corrected chi connectivity index (χ4v) is 3.68. The van der Waals surface area contributed by atoms with E-state index in [1.54, 1.807) is 7.05 Å². The fourth-order valence-electron chi connectivity index (χ4n) is 2.41. The van der Waals surface area contributed by atoms with Gasteiger partial charge in [-0.05, 0) is 44.7 Å². The van der Waals surface area contributed by atoms with Crippen molar-refractivity contribution in [1.82, 2.24) is 14.3 Å². The Balaban J connectivity index is 2.48. The molecule has 1 fully saturated rings. The maximum absolute atomic E-state index is 12.1. The van der Waals surface area contributed by atoms with Crippen molar-refractivity contribution in [3.8, 4) is 0 Å². The van der Waals surface area contributed by atoms with Crippen molar-refractivity contribution in [2.45, 2.75) is 39.2 Å². The predicted molar refractivity (Wildman–Crippen MR) is 74.6 cm³/mol. The summed E-state index contributed by atoms with van der Waals surface area (Å²) in [7, 11) is 0.184. The molecule has 0 heterocycles. The van der Waals surface area contributed by atoms with Gasteiger partial charge in [-0.3, -0.25) is 0 Å². The van der Waals surface area contributed by atoms with Gasteiger partial charge in [0.2, 0.25) is 0 Å². The van der Waals surface area contributed by atoms with E-state index in [0.29, 0.717) is 18.4 Å². The molecule has 18 heavy (non-hydrogen) atoms. The van der Waals surface area contributed by atoms with E-state index in [4.69, 9.17) is 0 Å². The van der Waals surface area contributed by atoms with Gasteiger partial charge in [0, 0.05) is 19.6 Å².